The van der Waals surface area contributed by atoms with E-state index in [9.17, 15) is 22.8 Å². The van der Waals surface area contributed by atoms with Crippen LogP contribution in [0.25, 0.3) is 16.6 Å². The van der Waals surface area contributed by atoms with Crippen molar-refractivity contribution in [3.05, 3.63) is 77.0 Å². The molecule has 2 aromatic carbocycles. The van der Waals surface area contributed by atoms with Crippen molar-refractivity contribution in [2.24, 2.45) is 4.99 Å². The van der Waals surface area contributed by atoms with Gasteiger partial charge in [-0.2, -0.15) is 14.0 Å². The van der Waals surface area contributed by atoms with E-state index in [4.69, 9.17) is 5.41 Å². The molecule has 8 nitrogen and oxygen atoms in total. The number of hydrogen-bond donors (Lipinski definition) is 3. The van der Waals surface area contributed by atoms with Crippen LogP contribution in [0.4, 0.5) is 17.6 Å². The average molecular weight is 509 g/mol. The summed E-state index contributed by atoms with van der Waals surface area (Å²) in [6.07, 6.45) is 5.71. The molecule has 0 amide bonds. The van der Waals surface area contributed by atoms with Crippen LogP contribution in [0.15, 0.2) is 53.4 Å². The van der Waals surface area contributed by atoms with E-state index >= 15 is 0 Å². The molecule has 3 N–H and O–H groups in total. The highest BCUT2D eigenvalue weighted by Gasteiger charge is 2.31. The van der Waals surface area contributed by atoms with Gasteiger partial charge in [-0.05, 0) is 43.2 Å². The SMILES string of the molecule is N#Cc1cc2[nH]c(/C(C=N)=C3\N=C(N4CCC[C@@H]4c4cc(F)ccc4F)C=CN3)nc2cc1OC(F)F. The molecule has 0 saturated carbocycles. The summed E-state index contributed by atoms with van der Waals surface area (Å²) < 4.78 is 58.3. The lowest BCUT2D eigenvalue weighted by Gasteiger charge is -2.29. The molecule has 2 aliphatic rings. The van der Waals surface area contributed by atoms with Gasteiger partial charge in [-0.3, -0.25) is 0 Å². The number of nitriles is 1. The predicted octanol–water partition coefficient (Wildman–Crippen LogP) is 4.98. The summed E-state index contributed by atoms with van der Waals surface area (Å²) in [5, 5.41) is 20.2. The lowest BCUT2D eigenvalue weighted by Crippen LogP contribution is -2.32. The van der Waals surface area contributed by atoms with Crippen LogP contribution in [-0.2, 0) is 0 Å². The monoisotopic (exact) mass is 509 g/mol. The number of likely N-dealkylation sites (tertiary alicyclic amines) is 1. The number of benzene rings is 2. The fraction of sp³-hybridized carbons (Fsp3) is 0.200. The number of nitrogens with zero attached hydrogens (tertiary/aromatic N) is 4. The fourth-order valence-corrected chi connectivity index (χ4v) is 4.51. The molecular weight excluding hydrogens is 490 g/mol. The van der Waals surface area contributed by atoms with Crippen molar-refractivity contribution in [2.45, 2.75) is 25.5 Å². The summed E-state index contributed by atoms with van der Waals surface area (Å²) in [5.41, 5.74) is 1.03. The van der Waals surface area contributed by atoms with Crippen molar-refractivity contribution in [2.75, 3.05) is 6.54 Å². The summed E-state index contributed by atoms with van der Waals surface area (Å²) in [7, 11) is 0. The van der Waals surface area contributed by atoms with E-state index in [1.54, 1.807) is 12.3 Å². The first kappa shape index (κ1) is 24.1. The summed E-state index contributed by atoms with van der Waals surface area (Å²) in [4.78, 5) is 13.8. The molecule has 0 unspecified atom stereocenters. The van der Waals surface area contributed by atoms with E-state index < -0.39 is 24.3 Å². The van der Waals surface area contributed by atoms with Gasteiger partial charge in [-0.15, -0.1) is 0 Å². The van der Waals surface area contributed by atoms with Crippen molar-refractivity contribution >= 4 is 28.7 Å². The Kier molecular flexibility index (Phi) is 6.35. The van der Waals surface area contributed by atoms with Crippen molar-refractivity contribution in [3.63, 3.8) is 0 Å². The number of imidazole rings is 1. The highest BCUT2D eigenvalue weighted by molar-refractivity contribution is 6.10. The van der Waals surface area contributed by atoms with E-state index in [2.05, 4.69) is 25.0 Å². The van der Waals surface area contributed by atoms with Crippen molar-refractivity contribution < 1.29 is 22.3 Å². The van der Waals surface area contributed by atoms with Gasteiger partial charge in [0.15, 0.2) is 0 Å². The average Bonchev–Trinajstić information content (AvgIpc) is 3.52. The second-order valence-corrected chi connectivity index (χ2v) is 8.31. The minimum absolute atomic E-state index is 0.101. The fourth-order valence-electron chi connectivity index (χ4n) is 4.51. The minimum Gasteiger partial charge on any atom is -0.433 e. The van der Waals surface area contributed by atoms with Crippen molar-refractivity contribution in [1.82, 2.24) is 20.2 Å². The smallest absolute Gasteiger partial charge is 0.387 e. The van der Waals surface area contributed by atoms with Crippen LogP contribution in [0.2, 0.25) is 0 Å². The van der Waals surface area contributed by atoms with Crippen LogP contribution in [0.5, 0.6) is 5.75 Å². The maximum Gasteiger partial charge on any atom is 0.387 e. The van der Waals surface area contributed by atoms with E-state index in [-0.39, 0.29) is 39.6 Å². The number of alkyl halides is 2. The van der Waals surface area contributed by atoms with E-state index in [0.29, 0.717) is 24.3 Å². The van der Waals surface area contributed by atoms with Gasteiger partial charge in [0.1, 0.15) is 40.9 Å². The third kappa shape index (κ3) is 4.63. The standard InChI is InChI=1S/C25H19F4N7O/c26-14-3-4-17(27)15(9-14)20-2-1-7-36(20)22-5-6-32-23(35-22)16(12-31)24-33-18-8-13(11-30)21(37-25(28)29)10-19(18)34-24/h3-6,8-10,12,20,25,31-32H,1-2,7H2,(H,33,34)/b23-16-,31-12?/t20-/m1/s1. The first-order valence-corrected chi connectivity index (χ1v) is 11.2. The molecule has 0 spiro atoms. The number of ether oxygens (including phenoxy) is 1. The van der Waals surface area contributed by atoms with Gasteiger partial charge in [-0.1, -0.05) is 0 Å². The number of amidine groups is 1. The van der Waals surface area contributed by atoms with Crippen LogP contribution in [0, 0.1) is 28.4 Å². The Hall–Kier alpha value is -4.66. The van der Waals surface area contributed by atoms with Gasteiger partial charge >= 0.3 is 6.61 Å². The molecule has 3 heterocycles. The topological polar surface area (TPSA) is 113 Å². The van der Waals surface area contributed by atoms with Gasteiger partial charge < -0.3 is 25.3 Å². The van der Waals surface area contributed by atoms with Gasteiger partial charge in [0.05, 0.1) is 28.2 Å². The number of rotatable bonds is 5. The molecule has 1 atom stereocenters. The van der Waals surface area contributed by atoms with Gasteiger partial charge in [0.2, 0.25) is 0 Å². The number of aromatic amines is 1. The lowest BCUT2D eigenvalue weighted by molar-refractivity contribution is -0.0499. The minimum atomic E-state index is -3.11. The summed E-state index contributed by atoms with van der Waals surface area (Å²) in [6.45, 7) is -2.53. The maximum atomic E-state index is 14.5. The zero-order valence-corrected chi connectivity index (χ0v) is 19.1. The Balaban J connectivity index is 1.53. The number of H-pyrrole nitrogens is 1. The summed E-state index contributed by atoms with van der Waals surface area (Å²) in [6, 6.07) is 7.33. The van der Waals surface area contributed by atoms with Crippen LogP contribution >= 0.6 is 0 Å². The highest BCUT2D eigenvalue weighted by atomic mass is 19.3. The number of aliphatic imine (C=N–C) groups is 1. The molecule has 1 aromatic heterocycles. The Bertz CT molecular complexity index is 1520. The van der Waals surface area contributed by atoms with Crippen LogP contribution < -0.4 is 10.1 Å². The van der Waals surface area contributed by atoms with Gasteiger partial charge in [0, 0.05) is 30.6 Å². The quantitative estimate of drug-likeness (QED) is 0.332. The Morgan fingerprint density at radius 3 is 2.86 bits per heavy atom. The highest BCUT2D eigenvalue weighted by Crippen LogP contribution is 2.35. The number of halogens is 4. The molecule has 1 fully saturated rings. The van der Waals surface area contributed by atoms with Crippen LogP contribution in [-0.4, -0.2) is 40.1 Å². The number of nitrogens with one attached hydrogen (secondary N) is 3. The Morgan fingerprint density at radius 2 is 2.11 bits per heavy atom. The second kappa shape index (κ2) is 9.77. The number of hydrogen-bond acceptors (Lipinski definition) is 7. The zero-order valence-electron chi connectivity index (χ0n) is 19.1. The van der Waals surface area contributed by atoms with Gasteiger partial charge in [0.25, 0.3) is 0 Å². The molecule has 37 heavy (non-hydrogen) atoms. The molecule has 5 rings (SSSR count). The van der Waals surface area contributed by atoms with Gasteiger partial charge in [-0.25, -0.2) is 18.8 Å². The largest absolute Gasteiger partial charge is 0.433 e. The third-order valence-electron chi connectivity index (χ3n) is 6.12. The zero-order chi connectivity index (χ0) is 26.1. The first-order valence-electron chi connectivity index (χ1n) is 11.2. The Morgan fingerprint density at radius 1 is 1.27 bits per heavy atom. The molecular formula is C25H19F4N7O. The van der Waals surface area contributed by atoms with Crippen molar-refractivity contribution in [3.8, 4) is 11.8 Å². The normalized spacial score (nSPS) is 18.5. The molecule has 12 heteroatoms. The molecule has 3 aromatic rings. The molecule has 1 saturated heterocycles. The van der Waals surface area contributed by atoms with E-state index in [1.165, 1.54) is 18.2 Å². The predicted molar refractivity (Wildman–Crippen MR) is 128 cm³/mol. The third-order valence-corrected chi connectivity index (χ3v) is 6.12. The second-order valence-electron chi connectivity index (χ2n) is 8.31. The molecule has 0 bridgehead atoms. The number of aromatic nitrogens is 2. The Labute approximate surface area is 208 Å². The summed E-state index contributed by atoms with van der Waals surface area (Å²) in [5.74, 6) is -0.364. The number of fused-ring (bicyclic) bond motifs is 1. The molecule has 0 radical (unpaired) electrons. The molecule has 2 aliphatic heterocycles. The molecule has 188 valence electrons. The lowest BCUT2D eigenvalue weighted by atomic mass is 10.0. The maximum absolute atomic E-state index is 14.5. The van der Waals surface area contributed by atoms with E-state index in [0.717, 1.165) is 24.8 Å². The molecule has 0 aliphatic carbocycles. The first-order chi connectivity index (χ1) is 17.9. The summed E-state index contributed by atoms with van der Waals surface area (Å²) >= 11 is 0. The van der Waals surface area contributed by atoms with Crippen LogP contribution in [0.3, 0.4) is 0 Å². The number of allylic oxidation sites excluding steroid dienone is 1. The van der Waals surface area contributed by atoms with Crippen molar-refractivity contribution in [1.29, 1.82) is 10.7 Å². The van der Waals surface area contributed by atoms with E-state index in [1.807, 2.05) is 11.0 Å². The van der Waals surface area contributed by atoms with Crippen LogP contribution in [0.1, 0.15) is 35.8 Å².